The van der Waals surface area contributed by atoms with E-state index in [-0.39, 0.29) is 19.2 Å². The molecule has 0 saturated heterocycles. The van der Waals surface area contributed by atoms with Crippen LogP contribution in [0.5, 0.6) is 23.0 Å². The van der Waals surface area contributed by atoms with E-state index in [9.17, 15) is 0 Å². The van der Waals surface area contributed by atoms with Gasteiger partial charge in [0, 0.05) is 13.1 Å². The summed E-state index contributed by atoms with van der Waals surface area (Å²) in [4.78, 5) is 0. The van der Waals surface area contributed by atoms with Gasteiger partial charge in [-0.2, -0.15) is 0 Å². The Hall–Kier alpha value is -1.82. The molecule has 1 aliphatic rings. The lowest BCUT2D eigenvalue weighted by molar-refractivity contribution is -0.00000753. The molecule has 2 aromatic carbocycles. The largest absolute Gasteiger partial charge is 1.00 e. The first-order chi connectivity index (χ1) is 12.2. The maximum Gasteiger partial charge on any atom is 0.231 e. The number of rotatable bonds is 8. The van der Waals surface area contributed by atoms with E-state index < -0.39 is 0 Å². The highest BCUT2D eigenvalue weighted by Crippen LogP contribution is 2.37. The van der Waals surface area contributed by atoms with Crippen molar-refractivity contribution in [3.63, 3.8) is 0 Å². The summed E-state index contributed by atoms with van der Waals surface area (Å²) in [7, 11) is 0. The van der Waals surface area contributed by atoms with Crippen LogP contribution in [0.1, 0.15) is 25.0 Å². The van der Waals surface area contributed by atoms with E-state index in [0.717, 1.165) is 22.6 Å². The van der Waals surface area contributed by atoms with Gasteiger partial charge in [0.05, 0.1) is 18.2 Å². The molecule has 1 N–H and O–H groups in total. The van der Waals surface area contributed by atoms with Crippen molar-refractivity contribution in [2.75, 3.05) is 20.0 Å². The van der Waals surface area contributed by atoms with E-state index in [4.69, 9.17) is 30.5 Å². The number of halogens is 2. The van der Waals surface area contributed by atoms with Crippen LogP contribution >= 0.6 is 11.6 Å². The van der Waals surface area contributed by atoms with Gasteiger partial charge < -0.3 is 36.7 Å². The van der Waals surface area contributed by atoms with E-state index in [1.54, 1.807) is 0 Å². The molecule has 0 aromatic heterocycles. The number of benzene rings is 2. The van der Waals surface area contributed by atoms with Gasteiger partial charge in [0.25, 0.3) is 0 Å². The molecule has 0 atom stereocenters. The first kappa shape index (κ1) is 20.5. The zero-order valence-corrected chi connectivity index (χ0v) is 16.3. The zero-order chi connectivity index (χ0) is 17.6. The number of ether oxygens (including phenoxy) is 4. The number of nitrogens with one attached hydrogen (secondary N) is 1. The maximum absolute atomic E-state index is 6.35. The molecule has 7 heteroatoms. The van der Waals surface area contributed by atoms with Crippen LogP contribution < -0.4 is 36.7 Å². The van der Waals surface area contributed by atoms with E-state index in [1.165, 1.54) is 0 Å². The third kappa shape index (κ3) is 4.87. The fourth-order valence-corrected chi connectivity index (χ4v) is 2.96. The molecular weight excluding hydrogens is 377 g/mol. The molecule has 26 heavy (non-hydrogen) atoms. The third-order valence-electron chi connectivity index (χ3n) is 3.75. The van der Waals surface area contributed by atoms with Gasteiger partial charge in [0.15, 0.2) is 23.0 Å². The Balaban J connectivity index is 0.00000243. The SMILES string of the molecule is CCOc1cc(CNCc2ccc3c(c2)OCO3)cc(Cl)c1OCC.[Cl-]. The number of fused-ring (bicyclic) bond motifs is 1. The molecule has 1 aliphatic heterocycles. The normalized spacial score (nSPS) is 11.8. The van der Waals surface area contributed by atoms with E-state index in [2.05, 4.69) is 5.32 Å². The first-order valence-corrected chi connectivity index (χ1v) is 8.76. The van der Waals surface area contributed by atoms with Crippen LogP contribution in [0.15, 0.2) is 30.3 Å². The van der Waals surface area contributed by atoms with Crippen LogP contribution in [0.4, 0.5) is 0 Å². The van der Waals surface area contributed by atoms with Crippen LogP contribution in [-0.4, -0.2) is 20.0 Å². The molecule has 142 valence electrons. The molecule has 0 spiro atoms. The Morgan fingerprint density at radius 3 is 2.46 bits per heavy atom. The smallest absolute Gasteiger partial charge is 0.231 e. The van der Waals surface area contributed by atoms with Gasteiger partial charge in [0.1, 0.15) is 0 Å². The van der Waals surface area contributed by atoms with E-state index in [1.807, 2.05) is 44.2 Å². The zero-order valence-electron chi connectivity index (χ0n) is 14.8. The van der Waals surface area contributed by atoms with Gasteiger partial charge in [-0.05, 0) is 49.2 Å². The highest BCUT2D eigenvalue weighted by atomic mass is 35.5. The first-order valence-electron chi connectivity index (χ1n) is 8.38. The van der Waals surface area contributed by atoms with Gasteiger partial charge in [-0.3, -0.25) is 0 Å². The summed E-state index contributed by atoms with van der Waals surface area (Å²) in [5.74, 6) is 2.87. The Kier molecular flexibility index (Phi) is 7.69. The van der Waals surface area contributed by atoms with Crippen LogP contribution in [0.2, 0.25) is 5.02 Å². The Morgan fingerprint density at radius 1 is 0.962 bits per heavy atom. The predicted molar refractivity (Wildman–Crippen MR) is 96.9 cm³/mol. The van der Waals surface area contributed by atoms with Gasteiger partial charge in [-0.15, -0.1) is 0 Å². The van der Waals surface area contributed by atoms with Crippen molar-refractivity contribution in [3.8, 4) is 23.0 Å². The molecule has 0 amide bonds. The van der Waals surface area contributed by atoms with Gasteiger partial charge >= 0.3 is 0 Å². The predicted octanol–water partition coefficient (Wildman–Crippen LogP) is 1.16. The molecule has 3 rings (SSSR count). The lowest BCUT2D eigenvalue weighted by Crippen LogP contribution is -3.00. The molecule has 0 aliphatic carbocycles. The second-order valence-corrected chi connectivity index (χ2v) is 5.97. The summed E-state index contributed by atoms with van der Waals surface area (Å²) >= 11 is 6.35. The highest BCUT2D eigenvalue weighted by molar-refractivity contribution is 6.32. The van der Waals surface area contributed by atoms with Gasteiger partial charge in [-0.1, -0.05) is 17.7 Å². The number of hydrogen-bond donors (Lipinski definition) is 1. The van der Waals surface area contributed by atoms with Crippen molar-refractivity contribution in [2.24, 2.45) is 0 Å². The van der Waals surface area contributed by atoms with Crippen molar-refractivity contribution in [1.29, 1.82) is 0 Å². The second-order valence-electron chi connectivity index (χ2n) is 5.56. The maximum atomic E-state index is 6.35. The second kappa shape index (κ2) is 9.76. The molecule has 2 aromatic rings. The molecule has 0 bridgehead atoms. The highest BCUT2D eigenvalue weighted by Gasteiger charge is 2.14. The summed E-state index contributed by atoms with van der Waals surface area (Å²) in [6, 6.07) is 9.82. The number of hydrogen-bond acceptors (Lipinski definition) is 5. The average molecular weight is 399 g/mol. The molecule has 1 heterocycles. The summed E-state index contributed by atoms with van der Waals surface area (Å²) < 4.78 is 22.0. The van der Waals surface area contributed by atoms with Crippen molar-refractivity contribution in [1.82, 2.24) is 5.32 Å². The minimum atomic E-state index is 0. The van der Waals surface area contributed by atoms with Gasteiger partial charge in [-0.25, -0.2) is 0 Å². The lowest BCUT2D eigenvalue weighted by atomic mass is 10.1. The van der Waals surface area contributed by atoms with E-state index in [0.29, 0.717) is 42.8 Å². The summed E-state index contributed by atoms with van der Waals surface area (Å²) in [6.45, 7) is 6.64. The summed E-state index contributed by atoms with van der Waals surface area (Å²) in [5, 5.41) is 3.97. The summed E-state index contributed by atoms with van der Waals surface area (Å²) in [6.07, 6.45) is 0. The fourth-order valence-electron chi connectivity index (χ4n) is 2.67. The monoisotopic (exact) mass is 398 g/mol. The topological polar surface area (TPSA) is 49.0 Å². The standard InChI is InChI=1S/C19H22ClNO4.ClH/c1-3-22-18-9-14(7-15(20)19(18)23-4-2)11-21-10-13-5-6-16-17(8-13)25-12-24-16;/h5-9,21H,3-4,10-12H2,1-2H3;1H/p-1. The van der Waals surface area contributed by atoms with Crippen LogP contribution in [-0.2, 0) is 13.1 Å². The Labute approximate surface area is 164 Å². The molecule has 0 radical (unpaired) electrons. The molecular formula is C19H22Cl2NO4-. The van der Waals surface area contributed by atoms with Crippen molar-refractivity contribution < 1.29 is 31.4 Å². The lowest BCUT2D eigenvalue weighted by Gasteiger charge is -2.14. The van der Waals surface area contributed by atoms with E-state index >= 15 is 0 Å². The van der Waals surface area contributed by atoms with Crippen LogP contribution in [0.25, 0.3) is 0 Å². The summed E-state index contributed by atoms with van der Waals surface area (Å²) in [5.41, 5.74) is 2.17. The molecule has 0 unspecified atom stereocenters. The molecule has 5 nitrogen and oxygen atoms in total. The minimum absolute atomic E-state index is 0. The molecule has 0 fully saturated rings. The van der Waals surface area contributed by atoms with Gasteiger partial charge in [0.2, 0.25) is 6.79 Å². The minimum Gasteiger partial charge on any atom is -1.00 e. The van der Waals surface area contributed by atoms with Crippen LogP contribution in [0.3, 0.4) is 0 Å². The Morgan fingerprint density at radius 2 is 1.69 bits per heavy atom. The molecule has 0 saturated carbocycles. The van der Waals surface area contributed by atoms with Crippen LogP contribution in [0, 0.1) is 0 Å². The fraction of sp³-hybridized carbons (Fsp3) is 0.368. The van der Waals surface area contributed by atoms with Crippen molar-refractivity contribution in [2.45, 2.75) is 26.9 Å². The van der Waals surface area contributed by atoms with Crippen molar-refractivity contribution >= 4 is 11.6 Å². The van der Waals surface area contributed by atoms with Crippen molar-refractivity contribution in [3.05, 3.63) is 46.5 Å². The Bertz CT molecular complexity index is 740. The quantitative estimate of drug-likeness (QED) is 0.722. The third-order valence-corrected chi connectivity index (χ3v) is 4.03. The average Bonchev–Trinajstić information content (AvgIpc) is 3.06.